The van der Waals surface area contributed by atoms with Crippen LogP contribution in [0, 0.1) is 11.5 Å². The zero-order valence-electron chi connectivity index (χ0n) is 24.8. The minimum absolute atomic E-state index is 0.0945. The summed E-state index contributed by atoms with van der Waals surface area (Å²) in [6.45, 7) is 12.8. The molecule has 0 aliphatic carbocycles. The lowest BCUT2D eigenvalue weighted by atomic mass is 9.87. The minimum atomic E-state index is -1.000. The first kappa shape index (κ1) is 29.8. The van der Waals surface area contributed by atoms with Gasteiger partial charge in [-0.15, -0.1) is 0 Å². The SMILES string of the molecule is CC(C)(C)OC(=O)NC1CN(C(=O)C(c2cccnc2)N(C(=O)C2CCCN2C#N)c2ccc(C(C)(C)C)cc2)C1. The van der Waals surface area contributed by atoms with Gasteiger partial charge in [0.2, 0.25) is 0 Å². The summed E-state index contributed by atoms with van der Waals surface area (Å²) in [5, 5.41) is 12.5. The van der Waals surface area contributed by atoms with Crippen molar-refractivity contribution >= 4 is 23.6 Å². The van der Waals surface area contributed by atoms with Crippen LogP contribution in [0.3, 0.4) is 0 Å². The number of carbonyl (C=O) groups excluding carboxylic acids is 3. The molecule has 0 saturated carbocycles. The van der Waals surface area contributed by atoms with E-state index >= 15 is 0 Å². The summed E-state index contributed by atoms with van der Waals surface area (Å²) in [6, 6.07) is 9.28. The highest BCUT2D eigenvalue weighted by Crippen LogP contribution is 2.34. The maximum absolute atomic E-state index is 14.3. The second kappa shape index (κ2) is 11.8. The molecule has 0 bridgehead atoms. The monoisotopic (exact) mass is 560 g/mol. The van der Waals surface area contributed by atoms with Crippen molar-refractivity contribution in [1.82, 2.24) is 20.1 Å². The van der Waals surface area contributed by atoms with E-state index in [9.17, 15) is 19.6 Å². The molecule has 2 aliphatic heterocycles. The summed E-state index contributed by atoms with van der Waals surface area (Å²) in [7, 11) is 0. The first-order chi connectivity index (χ1) is 19.3. The van der Waals surface area contributed by atoms with Crippen LogP contribution in [0.25, 0.3) is 0 Å². The molecule has 2 aliphatic rings. The van der Waals surface area contributed by atoms with Gasteiger partial charge in [-0.1, -0.05) is 39.0 Å². The molecule has 1 aromatic heterocycles. The second-order valence-electron chi connectivity index (χ2n) is 12.7. The zero-order valence-corrected chi connectivity index (χ0v) is 24.8. The minimum Gasteiger partial charge on any atom is -0.444 e. The lowest BCUT2D eigenvalue weighted by molar-refractivity contribution is -0.139. The second-order valence-corrected chi connectivity index (χ2v) is 12.7. The zero-order chi connectivity index (χ0) is 29.9. The molecule has 2 aromatic rings. The summed E-state index contributed by atoms with van der Waals surface area (Å²) < 4.78 is 5.35. The number of nitrogens with zero attached hydrogens (tertiary/aromatic N) is 5. The first-order valence-electron chi connectivity index (χ1n) is 14.1. The van der Waals surface area contributed by atoms with Crippen molar-refractivity contribution in [1.29, 1.82) is 5.26 Å². The quantitative estimate of drug-likeness (QED) is 0.528. The Bertz CT molecular complexity index is 1290. The lowest BCUT2D eigenvalue weighted by Crippen LogP contribution is -2.63. The van der Waals surface area contributed by atoms with Gasteiger partial charge < -0.3 is 15.0 Å². The Morgan fingerprint density at radius 1 is 1.10 bits per heavy atom. The number of likely N-dealkylation sites (tertiary alicyclic amines) is 2. The number of hydrogen-bond acceptors (Lipinski definition) is 7. The molecule has 2 unspecified atom stereocenters. The molecule has 1 aromatic carbocycles. The molecule has 2 saturated heterocycles. The topological polar surface area (TPSA) is 119 Å². The molecule has 3 heterocycles. The van der Waals surface area contributed by atoms with E-state index in [0.29, 0.717) is 24.2 Å². The van der Waals surface area contributed by atoms with Crippen LogP contribution in [0.2, 0.25) is 0 Å². The van der Waals surface area contributed by atoms with Crippen molar-refractivity contribution in [2.45, 2.75) is 83.5 Å². The third-order valence-corrected chi connectivity index (χ3v) is 7.32. The molecule has 41 heavy (non-hydrogen) atoms. The van der Waals surface area contributed by atoms with Crippen LogP contribution in [0.4, 0.5) is 10.5 Å². The molecule has 2 atom stereocenters. The van der Waals surface area contributed by atoms with Gasteiger partial charge in [-0.25, -0.2) is 4.79 Å². The third-order valence-electron chi connectivity index (χ3n) is 7.32. The Hall–Kier alpha value is -4.13. The van der Waals surface area contributed by atoms with Gasteiger partial charge in [0.05, 0.1) is 6.04 Å². The van der Waals surface area contributed by atoms with Gasteiger partial charge in [-0.3, -0.25) is 24.4 Å². The maximum atomic E-state index is 14.3. The number of carbonyl (C=O) groups is 3. The Labute approximate surface area is 242 Å². The van der Waals surface area contributed by atoms with E-state index in [1.54, 1.807) is 50.2 Å². The van der Waals surface area contributed by atoms with Crippen molar-refractivity contribution in [2.75, 3.05) is 24.5 Å². The smallest absolute Gasteiger partial charge is 0.407 e. The number of aromatic nitrogens is 1. The van der Waals surface area contributed by atoms with E-state index in [0.717, 1.165) is 12.0 Å². The fourth-order valence-corrected chi connectivity index (χ4v) is 5.17. The number of pyridine rings is 1. The fraction of sp³-hybridized carbons (Fsp3) is 0.516. The Kier molecular flexibility index (Phi) is 8.57. The molecule has 4 rings (SSSR count). The van der Waals surface area contributed by atoms with Crippen LogP contribution in [0.15, 0.2) is 48.8 Å². The summed E-state index contributed by atoms with van der Waals surface area (Å²) in [5.74, 6) is -0.589. The van der Waals surface area contributed by atoms with E-state index in [1.165, 1.54) is 9.80 Å². The number of hydrogen-bond donors (Lipinski definition) is 1. The van der Waals surface area contributed by atoms with Crippen molar-refractivity contribution in [2.24, 2.45) is 0 Å². The van der Waals surface area contributed by atoms with Crippen LogP contribution in [-0.4, -0.2) is 70.0 Å². The summed E-state index contributed by atoms with van der Waals surface area (Å²) in [5.41, 5.74) is 1.50. The molecule has 0 spiro atoms. The highest BCUT2D eigenvalue weighted by Gasteiger charge is 2.44. The molecule has 3 amide bonds. The van der Waals surface area contributed by atoms with Crippen LogP contribution < -0.4 is 10.2 Å². The highest BCUT2D eigenvalue weighted by atomic mass is 16.6. The highest BCUT2D eigenvalue weighted by molar-refractivity contribution is 6.04. The average molecular weight is 561 g/mol. The normalized spacial score (nSPS) is 18.2. The van der Waals surface area contributed by atoms with Gasteiger partial charge in [-0.05, 0) is 62.8 Å². The Morgan fingerprint density at radius 2 is 1.78 bits per heavy atom. The number of anilines is 1. The summed E-state index contributed by atoms with van der Waals surface area (Å²) >= 11 is 0. The van der Waals surface area contributed by atoms with Crippen LogP contribution in [0.1, 0.15) is 71.6 Å². The number of alkyl carbamates (subject to hydrolysis) is 1. The van der Waals surface area contributed by atoms with Crippen LogP contribution in [0.5, 0.6) is 0 Å². The molecular formula is C31H40N6O4. The fourth-order valence-electron chi connectivity index (χ4n) is 5.17. The Balaban J connectivity index is 1.67. The maximum Gasteiger partial charge on any atom is 0.407 e. The summed E-state index contributed by atoms with van der Waals surface area (Å²) in [4.78, 5) is 49.6. The van der Waals surface area contributed by atoms with Gasteiger partial charge >= 0.3 is 6.09 Å². The molecule has 10 nitrogen and oxygen atoms in total. The Morgan fingerprint density at radius 3 is 2.34 bits per heavy atom. The number of benzene rings is 1. The number of nitrogens with one attached hydrogen (secondary N) is 1. The number of ether oxygens (including phenoxy) is 1. The van der Waals surface area contributed by atoms with E-state index in [2.05, 4.69) is 37.3 Å². The molecule has 218 valence electrons. The molecule has 2 fully saturated rings. The molecule has 10 heteroatoms. The van der Waals surface area contributed by atoms with Crippen LogP contribution >= 0.6 is 0 Å². The van der Waals surface area contributed by atoms with Crippen molar-refractivity contribution in [3.05, 3.63) is 59.9 Å². The van der Waals surface area contributed by atoms with Gasteiger partial charge in [-0.2, -0.15) is 5.26 Å². The van der Waals surface area contributed by atoms with E-state index < -0.39 is 23.8 Å². The van der Waals surface area contributed by atoms with E-state index in [-0.39, 0.29) is 36.4 Å². The number of rotatable bonds is 6. The molecule has 0 radical (unpaired) electrons. The van der Waals surface area contributed by atoms with E-state index in [4.69, 9.17) is 4.74 Å². The molecule has 1 N–H and O–H groups in total. The first-order valence-corrected chi connectivity index (χ1v) is 14.1. The van der Waals surface area contributed by atoms with Crippen molar-refractivity contribution in [3.8, 4) is 6.19 Å². The third kappa shape index (κ3) is 6.96. The number of nitriles is 1. The van der Waals surface area contributed by atoms with Crippen LogP contribution in [-0.2, 0) is 19.7 Å². The van der Waals surface area contributed by atoms with Gasteiger partial charge in [0.1, 0.15) is 17.7 Å². The van der Waals surface area contributed by atoms with Gasteiger partial charge in [0.15, 0.2) is 6.19 Å². The predicted octanol–water partition coefficient (Wildman–Crippen LogP) is 4.13. The summed E-state index contributed by atoms with van der Waals surface area (Å²) in [6.07, 6.45) is 6.08. The molecular weight excluding hydrogens is 520 g/mol. The van der Waals surface area contributed by atoms with E-state index in [1.807, 2.05) is 24.3 Å². The average Bonchev–Trinajstić information content (AvgIpc) is 3.36. The lowest BCUT2D eigenvalue weighted by Gasteiger charge is -2.43. The van der Waals surface area contributed by atoms with Gasteiger partial charge in [0, 0.05) is 43.3 Å². The number of amides is 3. The van der Waals surface area contributed by atoms with Gasteiger partial charge in [0.25, 0.3) is 11.8 Å². The predicted molar refractivity (Wildman–Crippen MR) is 155 cm³/mol. The van der Waals surface area contributed by atoms with Crippen molar-refractivity contribution < 1.29 is 19.1 Å². The largest absolute Gasteiger partial charge is 0.444 e. The standard InChI is InChI=1S/C31H40N6O4/c1-30(2,3)22-11-13-24(14-12-22)37(27(38)25-10-8-16-35(25)20-32)26(21-9-7-15-33-17-21)28(39)36-18-23(19-36)34-29(40)41-31(4,5)6/h7,9,11-15,17,23,25-26H,8,10,16,18-19H2,1-6H3,(H,34,40). The van der Waals surface area contributed by atoms with Crippen molar-refractivity contribution in [3.63, 3.8) is 0 Å².